The van der Waals surface area contributed by atoms with Crippen molar-refractivity contribution in [1.82, 2.24) is 0 Å². The molecule has 2 heterocycles. The summed E-state index contributed by atoms with van der Waals surface area (Å²) in [5.41, 5.74) is 1.43. The highest BCUT2D eigenvalue weighted by Crippen LogP contribution is 2.47. The number of rotatable bonds is 14. The van der Waals surface area contributed by atoms with E-state index < -0.39 is 22.2 Å². The van der Waals surface area contributed by atoms with Gasteiger partial charge in [0.1, 0.15) is 5.78 Å². The number of benzene rings is 1. The highest BCUT2D eigenvalue weighted by Gasteiger charge is 2.37. The topological polar surface area (TPSA) is 91.7 Å². The third-order valence-corrected chi connectivity index (χ3v) is 12.6. The van der Waals surface area contributed by atoms with Gasteiger partial charge in [0.25, 0.3) is 0 Å². The van der Waals surface area contributed by atoms with Gasteiger partial charge in [-0.25, -0.2) is 0 Å². The Kier molecular flexibility index (Phi) is 12.1. The molecule has 0 radical (unpaired) electrons. The van der Waals surface area contributed by atoms with Gasteiger partial charge in [0.2, 0.25) is 0 Å². The van der Waals surface area contributed by atoms with Crippen LogP contribution < -0.4 is 0 Å². The predicted octanol–water partition coefficient (Wildman–Crippen LogP) is 7.78. The lowest BCUT2D eigenvalue weighted by Gasteiger charge is -2.33. The van der Waals surface area contributed by atoms with Crippen molar-refractivity contribution >= 4 is 34.3 Å². The molecule has 0 amide bonds. The zero-order valence-corrected chi connectivity index (χ0v) is 26.1. The van der Waals surface area contributed by atoms with Gasteiger partial charge < -0.3 is 10.2 Å². The van der Waals surface area contributed by atoms with Gasteiger partial charge in [0.05, 0.1) is 15.9 Å². The summed E-state index contributed by atoms with van der Waals surface area (Å²) in [6.45, 7) is 7.97. The van der Waals surface area contributed by atoms with Gasteiger partial charge in [-0.05, 0) is 75.3 Å². The van der Waals surface area contributed by atoms with Crippen molar-refractivity contribution in [3.05, 3.63) is 35.4 Å². The molecular formula is C32H50O5S2. The lowest BCUT2D eigenvalue weighted by Crippen LogP contribution is -2.28. The van der Waals surface area contributed by atoms with E-state index in [4.69, 9.17) is 0 Å². The minimum atomic E-state index is -1.01. The zero-order valence-electron chi connectivity index (χ0n) is 24.5. The smallest absolute Gasteiger partial charge is 0.309 e. The van der Waals surface area contributed by atoms with Crippen LogP contribution in [0.15, 0.2) is 24.3 Å². The lowest BCUT2D eigenvalue weighted by molar-refractivity contribution is -0.147. The number of carboxylic acid groups (broad SMARTS) is 1. The van der Waals surface area contributed by atoms with Crippen molar-refractivity contribution in [1.29, 1.82) is 0 Å². The molecule has 0 spiro atoms. The Balaban J connectivity index is 1.62. The first-order valence-corrected chi connectivity index (χ1v) is 17.2. The predicted molar refractivity (Wildman–Crippen MR) is 163 cm³/mol. The number of aliphatic hydroxyl groups is 1. The number of aliphatic hydroxyl groups excluding tert-OH is 1. The van der Waals surface area contributed by atoms with Crippen LogP contribution in [0.3, 0.4) is 0 Å². The second-order valence-corrected chi connectivity index (χ2v) is 16.4. The van der Waals surface area contributed by atoms with Crippen molar-refractivity contribution in [2.45, 2.75) is 132 Å². The summed E-state index contributed by atoms with van der Waals surface area (Å²) >= 11 is 1.81. The van der Waals surface area contributed by atoms with E-state index in [0.29, 0.717) is 23.9 Å². The quantitative estimate of drug-likeness (QED) is 0.219. The van der Waals surface area contributed by atoms with E-state index in [1.54, 1.807) is 13.8 Å². The SMILES string of the molecule is CC(C)(CO)CCCCC1CCC(=O)C(c2ccccc2C2CCCC(CCCCC(C)(C)C(=O)O)S2=O)S1. The molecule has 1 aromatic carbocycles. The van der Waals surface area contributed by atoms with Gasteiger partial charge in [-0.2, -0.15) is 0 Å². The number of aliphatic carboxylic acids is 1. The Hall–Kier alpha value is -1.18. The molecule has 2 aliphatic rings. The van der Waals surface area contributed by atoms with E-state index >= 15 is 0 Å². The van der Waals surface area contributed by atoms with Crippen molar-refractivity contribution in [2.24, 2.45) is 10.8 Å². The molecule has 7 heteroatoms. The van der Waals surface area contributed by atoms with E-state index in [1.165, 1.54) is 0 Å². The summed E-state index contributed by atoms with van der Waals surface area (Å²) in [5, 5.41) is 19.3. The van der Waals surface area contributed by atoms with Crippen LogP contribution in [0.1, 0.15) is 133 Å². The molecule has 0 aliphatic carbocycles. The van der Waals surface area contributed by atoms with Crippen LogP contribution in [-0.4, -0.2) is 43.3 Å². The molecule has 3 rings (SSSR count). The second-order valence-electron chi connectivity index (χ2n) is 13.1. The molecule has 5 nitrogen and oxygen atoms in total. The zero-order chi connectivity index (χ0) is 28.6. The molecule has 5 unspecified atom stereocenters. The van der Waals surface area contributed by atoms with E-state index in [2.05, 4.69) is 26.0 Å². The number of thioether (sulfide) groups is 1. The normalized spacial score (nSPS) is 26.5. The van der Waals surface area contributed by atoms with Gasteiger partial charge in [-0.15, -0.1) is 11.8 Å². The van der Waals surface area contributed by atoms with E-state index in [-0.39, 0.29) is 27.8 Å². The van der Waals surface area contributed by atoms with Crippen LogP contribution in [0.4, 0.5) is 0 Å². The molecule has 220 valence electrons. The number of carbonyl (C=O) groups excluding carboxylic acids is 1. The summed E-state index contributed by atoms with van der Waals surface area (Å²) in [6.07, 6.45) is 12.0. The minimum absolute atomic E-state index is 0.0281. The fourth-order valence-electron chi connectivity index (χ4n) is 5.91. The molecule has 39 heavy (non-hydrogen) atoms. The maximum absolute atomic E-state index is 13.8. The number of ketones is 1. The Labute approximate surface area is 242 Å². The maximum atomic E-state index is 13.8. The van der Waals surface area contributed by atoms with Crippen LogP contribution in [0, 0.1) is 10.8 Å². The Bertz CT molecular complexity index is 989. The maximum Gasteiger partial charge on any atom is 0.309 e. The standard InChI is InChI=1S/C32H50O5S2/c1-31(2,22-33)20-9-7-12-23-18-19-27(34)29(38-23)26-16-6-5-15-25(26)28-17-11-14-24(39(28)37)13-8-10-21-32(3,4)30(35)36/h5-6,15-16,23-24,28-29,33H,7-14,17-22H2,1-4H3,(H,35,36). The average Bonchev–Trinajstić information content (AvgIpc) is 2.91. The molecule has 2 fully saturated rings. The van der Waals surface area contributed by atoms with Crippen molar-refractivity contribution in [3.63, 3.8) is 0 Å². The van der Waals surface area contributed by atoms with Gasteiger partial charge in [0.15, 0.2) is 0 Å². The third-order valence-electron chi connectivity index (χ3n) is 8.77. The fourth-order valence-corrected chi connectivity index (χ4v) is 9.61. The summed E-state index contributed by atoms with van der Waals surface area (Å²) < 4.78 is 13.8. The summed E-state index contributed by atoms with van der Waals surface area (Å²) in [6, 6.07) is 8.22. The fraction of sp³-hybridized carbons (Fsp3) is 0.750. The van der Waals surface area contributed by atoms with Crippen LogP contribution in [0.5, 0.6) is 0 Å². The van der Waals surface area contributed by atoms with E-state index in [9.17, 15) is 24.0 Å². The van der Waals surface area contributed by atoms with Gasteiger partial charge in [-0.3, -0.25) is 13.8 Å². The number of carbonyl (C=O) groups is 2. The molecular weight excluding hydrogens is 528 g/mol. The van der Waals surface area contributed by atoms with Gasteiger partial charge in [-0.1, -0.05) is 70.2 Å². The molecule has 1 aromatic rings. The number of carboxylic acids is 1. The molecule has 5 atom stereocenters. The van der Waals surface area contributed by atoms with Crippen molar-refractivity contribution in [2.75, 3.05) is 6.61 Å². The Morgan fingerprint density at radius 3 is 2.33 bits per heavy atom. The monoisotopic (exact) mass is 578 g/mol. The Morgan fingerprint density at radius 2 is 1.64 bits per heavy atom. The number of Topliss-reactive ketones (excluding diaryl/α,β-unsaturated/α-hetero) is 1. The third kappa shape index (κ3) is 9.16. The van der Waals surface area contributed by atoms with E-state index in [0.717, 1.165) is 81.8 Å². The molecule has 0 saturated carbocycles. The first-order valence-electron chi connectivity index (χ1n) is 15.0. The van der Waals surface area contributed by atoms with Crippen LogP contribution in [-0.2, 0) is 20.4 Å². The van der Waals surface area contributed by atoms with E-state index in [1.807, 2.05) is 23.9 Å². The highest BCUT2D eigenvalue weighted by atomic mass is 32.2. The second kappa shape index (κ2) is 14.6. The summed E-state index contributed by atoms with van der Waals surface area (Å²) in [7, 11) is -1.01. The minimum Gasteiger partial charge on any atom is -0.481 e. The largest absolute Gasteiger partial charge is 0.481 e. The molecule has 2 N–H and O–H groups in total. The average molecular weight is 579 g/mol. The first kappa shape index (κ1) is 32.3. The summed E-state index contributed by atoms with van der Waals surface area (Å²) in [4.78, 5) is 24.6. The molecule has 2 aliphatic heterocycles. The van der Waals surface area contributed by atoms with Crippen molar-refractivity contribution < 1.29 is 24.0 Å². The van der Waals surface area contributed by atoms with Crippen LogP contribution in [0.2, 0.25) is 0 Å². The number of unbranched alkanes of at least 4 members (excludes halogenated alkanes) is 2. The first-order chi connectivity index (χ1) is 18.4. The molecule has 2 saturated heterocycles. The summed E-state index contributed by atoms with van der Waals surface area (Å²) in [5.74, 6) is -0.465. The van der Waals surface area contributed by atoms with Crippen molar-refractivity contribution in [3.8, 4) is 0 Å². The molecule has 0 aromatic heterocycles. The molecule has 0 bridgehead atoms. The van der Waals surface area contributed by atoms with Crippen LogP contribution >= 0.6 is 11.8 Å². The number of hydrogen-bond acceptors (Lipinski definition) is 5. The van der Waals surface area contributed by atoms with Gasteiger partial charge >= 0.3 is 5.97 Å². The lowest BCUT2D eigenvalue weighted by atomic mass is 9.87. The highest BCUT2D eigenvalue weighted by molar-refractivity contribution is 8.00. The number of hydrogen-bond donors (Lipinski definition) is 2. The van der Waals surface area contributed by atoms with Crippen LogP contribution in [0.25, 0.3) is 0 Å². The van der Waals surface area contributed by atoms with Gasteiger partial charge in [0, 0.05) is 34.3 Å². The Morgan fingerprint density at radius 1 is 0.974 bits per heavy atom.